The molecule has 0 fully saturated rings. The molecule has 0 aliphatic rings. The van der Waals surface area contributed by atoms with Crippen LogP contribution in [-0.2, 0) is 27.2 Å². The fourth-order valence-corrected chi connectivity index (χ4v) is 3.25. The number of rotatable bonds is 8. The van der Waals surface area contributed by atoms with E-state index in [2.05, 4.69) is 20.8 Å². The first-order chi connectivity index (χ1) is 15.9. The number of nitrogens with zero attached hydrogens (tertiary/aromatic N) is 4. The molecule has 0 unspecified atom stereocenters. The van der Waals surface area contributed by atoms with Crippen LogP contribution in [0.25, 0.3) is 0 Å². The lowest BCUT2D eigenvalue weighted by Crippen LogP contribution is -2.26. The second-order valence-electron chi connectivity index (χ2n) is 7.56. The summed E-state index contributed by atoms with van der Waals surface area (Å²) in [5.74, 6) is 0.451. The summed E-state index contributed by atoms with van der Waals surface area (Å²) in [6.45, 7) is 2.47. The third-order valence-corrected chi connectivity index (χ3v) is 4.87. The van der Waals surface area contributed by atoms with Crippen molar-refractivity contribution in [1.29, 1.82) is 0 Å². The van der Waals surface area contributed by atoms with Crippen LogP contribution in [-0.4, -0.2) is 31.4 Å². The highest BCUT2D eigenvalue weighted by molar-refractivity contribution is 6.07. The van der Waals surface area contributed by atoms with E-state index in [0.29, 0.717) is 12.3 Å². The van der Waals surface area contributed by atoms with Gasteiger partial charge in [-0.1, -0.05) is 12.1 Å². The number of ether oxygens (including phenoxy) is 1. The molecule has 0 atom stereocenters. The summed E-state index contributed by atoms with van der Waals surface area (Å²) in [6, 6.07) is 10.9. The molecule has 4 rings (SSSR count). The van der Waals surface area contributed by atoms with E-state index in [9.17, 15) is 9.59 Å². The lowest BCUT2D eigenvalue weighted by atomic mass is 10.2. The molecule has 4 aromatic rings. The summed E-state index contributed by atoms with van der Waals surface area (Å²) >= 11 is 0. The zero-order valence-corrected chi connectivity index (χ0v) is 18.5. The molecule has 0 radical (unpaired) electrons. The number of furan rings is 1. The van der Waals surface area contributed by atoms with Crippen LogP contribution >= 0.6 is 0 Å². The van der Waals surface area contributed by atoms with Crippen molar-refractivity contribution in [3.05, 3.63) is 83.3 Å². The quantitative estimate of drug-likeness (QED) is 0.428. The minimum atomic E-state index is -0.494. The Hall–Kier alpha value is -4.34. The van der Waals surface area contributed by atoms with E-state index in [0.717, 1.165) is 16.9 Å². The topological polar surface area (TPSA) is 116 Å². The first-order valence-electron chi connectivity index (χ1n) is 10.3. The average Bonchev–Trinajstić information content (AvgIpc) is 3.51. The number of hydrogen-bond acceptors (Lipinski definition) is 6. The monoisotopic (exact) mass is 448 g/mol. The molecule has 2 N–H and O–H groups in total. The van der Waals surface area contributed by atoms with Gasteiger partial charge in [0.25, 0.3) is 11.8 Å². The minimum Gasteiger partial charge on any atom is -0.486 e. The van der Waals surface area contributed by atoms with Crippen molar-refractivity contribution in [3.63, 3.8) is 0 Å². The molecule has 2 amide bonds. The molecule has 0 saturated carbocycles. The summed E-state index contributed by atoms with van der Waals surface area (Å²) in [5.41, 5.74) is 2.44. The highest BCUT2D eigenvalue weighted by atomic mass is 16.5. The van der Waals surface area contributed by atoms with Gasteiger partial charge >= 0.3 is 0 Å². The van der Waals surface area contributed by atoms with Gasteiger partial charge in [-0.05, 0) is 36.8 Å². The number of hydrogen-bond donors (Lipinski definition) is 2. The fraction of sp³-hybridized carbons (Fsp3) is 0.217. The maximum Gasteiger partial charge on any atom is 0.291 e. The summed E-state index contributed by atoms with van der Waals surface area (Å²) in [6.07, 6.45) is 4.90. The predicted molar refractivity (Wildman–Crippen MR) is 120 cm³/mol. The maximum absolute atomic E-state index is 12.7. The van der Waals surface area contributed by atoms with E-state index in [1.54, 1.807) is 37.1 Å². The highest BCUT2D eigenvalue weighted by Crippen LogP contribution is 2.19. The fourth-order valence-electron chi connectivity index (χ4n) is 3.25. The molecule has 0 saturated heterocycles. The Bertz CT molecular complexity index is 1290. The molecule has 0 aliphatic carbocycles. The van der Waals surface area contributed by atoms with Gasteiger partial charge in [0, 0.05) is 32.4 Å². The number of carbonyl (C=O) groups excluding carboxylic acids is 2. The number of carbonyl (C=O) groups is 2. The maximum atomic E-state index is 12.7. The number of aryl methyl sites for hydroxylation is 3. The second-order valence-corrected chi connectivity index (χ2v) is 7.56. The number of benzene rings is 1. The van der Waals surface area contributed by atoms with E-state index in [4.69, 9.17) is 9.15 Å². The molecule has 10 nitrogen and oxygen atoms in total. The van der Waals surface area contributed by atoms with E-state index < -0.39 is 5.91 Å². The first kappa shape index (κ1) is 21.9. The standard InChI is InChI=1S/C23H24N6O4/c1-15-5-4-6-17(9-15)32-14-18-7-8-20(33-18)22(30)27-19-12-26-29(3)21(19)23(31)24-10-16-11-25-28(2)13-16/h4-9,11-13H,10,14H2,1-3H3,(H,24,31)(H,27,30). The van der Waals surface area contributed by atoms with Crippen LogP contribution in [0.15, 0.2) is 59.4 Å². The van der Waals surface area contributed by atoms with Crippen LogP contribution in [0, 0.1) is 6.92 Å². The van der Waals surface area contributed by atoms with Crippen molar-refractivity contribution < 1.29 is 18.7 Å². The van der Waals surface area contributed by atoms with Crippen molar-refractivity contribution in [2.24, 2.45) is 14.1 Å². The number of nitrogens with one attached hydrogen (secondary N) is 2. The number of amides is 2. The molecule has 33 heavy (non-hydrogen) atoms. The highest BCUT2D eigenvalue weighted by Gasteiger charge is 2.20. The summed E-state index contributed by atoms with van der Waals surface area (Å²) in [7, 11) is 3.43. The molecule has 170 valence electrons. The molecule has 1 aromatic carbocycles. The van der Waals surface area contributed by atoms with Crippen molar-refractivity contribution in [3.8, 4) is 5.75 Å². The third kappa shape index (κ3) is 5.29. The molecular formula is C23H24N6O4. The normalized spacial score (nSPS) is 10.8. The Morgan fingerprint density at radius 1 is 1.09 bits per heavy atom. The molecular weight excluding hydrogens is 424 g/mol. The largest absolute Gasteiger partial charge is 0.486 e. The number of anilines is 1. The van der Waals surface area contributed by atoms with E-state index in [-0.39, 0.29) is 29.7 Å². The van der Waals surface area contributed by atoms with Crippen LogP contribution in [0.1, 0.15) is 37.9 Å². The van der Waals surface area contributed by atoms with Crippen molar-refractivity contribution >= 4 is 17.5 Å². The second kappa shape index (κ2) is 9.43. The van der Waals surface area contributed by atoms with E-state index in [1.807, 2.05) is 37.4 Å². The van der Waals surface area contributed by atoms with Crippen LogP contribution < -0.4 is 15.4 Å². The van der Waals surface area contributed by atoms with Gasteiger partial charge < -0.3 is 19.8 Å². The van der Waals surface area contributed by atoms with Gasteiger partial charge in [0.05, 0.1) is 18.1 Å². The van der Waals surface area contributed by atoms with E-state index in [1.165, 1.54) is 10.9 Å². The minimum absolute atomic E-state index is 0.100. The molecule has 0 aliphatic heterocycles. The van der Waals surface area contributed by atoms with Crippen LogP contribution in [0.4, 0.5) is 5.69 Å². The van der Waals surface area contributed by atoms with Crippen molar-refractivity contribution in [2.75, 3.05) is 5.32 Å². The Labute approximate surface area is 190 Å². The van der Waals surface area contributed by atoms with Crippen LogP contribution in [0.5, 0.6) is 5.75 Å². The molecule has 3 aromatic heterocycles. The van der Waals surface area contributed by atoms with E-state index >= 15 is 0 Å². The van der Waals surface area contributed by atoms with Crippen LogP contribution in [0.2, 0.25) is 0 Å². The zero-order valence-electron chi connectivity index (χ0n) is 18.5. The van der Waals surface area contributed by atoms with Gasteiger partial charge in [0.15, 0.2) is 5.76 Å². The smallest absolute Gasteiger partial charge is 0.291 e. The summed E-state index contributed by atoms with van der Waals surface area (Å²) < 4.78 is 14.4. The predicted octanol–water partition coefficient (Wildman–Crippen LogP) is 2.82. The molecule has 0 bridgehead atoms. The Kier molecular flexibility index (Phi) is 6.25. The number of aromatic nitrogens is 4. The Balaban J connectivity index is 1.38. The van der Waals surface area contributed by atoms with Gasteiger partial charge in [-0.3, -0.25) is 19.0 Å². The van der Waals surface area contributed by atoms with Crippen molar-refractivity contribution in [1.82, 2.24) is 24.9 Å². The lowest BCUT2D eigenvalue weighted by molar-refractivity contribution is 0.0942. The Morgan fingerprint density at radius 2 is 1.94 bits per heavy atom. The third-order valence-electron chi connectivity index (χ3n) is 4.87. The lowest BCUT2D eigenvalue weighted by Gasteiger charge is -2.08. The summed E-state index contributed by atoms with van der Waals surface area (Å²) in [5, 5.41) is 13.7. The Morgan fingerprint density at radius 3 is 2.70 bits per heavy atom. The summed E-state index contributed by atoms with van der Waals surface area (Å²) in [4.78, 5) is 25.4. The van der Waals surface area contributed by atoms with Gasteiger partial charge in [0.2, 0.25) is 0 Å². The van der Waals surface area contributed by atoms with Gasteiger partial charge in [-0.2, -0.15) is 10.2 Å². The zero-order chi connectivity index (χ0) is 23.4. The van der Waals surface area contributed by atoms with Gasteiger partial charge in [0.1, 0.15) is 23.8 Å². The van der Waals surface area contributed by atoms with Crippen LogP contribution in [0.3, 0.4) is 0 Å². The SMILES string of the molecule is Cc1cccc(OCc2ccc(C(=O)Nc3cnn(C)c3C(=O)NCc3cnn(C)c3)o2)c1. The molecule has 0 spiro atoms. The van der Waals surface area contributed by atoms with Crippen molar-refractivity contribution in [2.45, 2.75) is 20.1 Å². The van der Waals surface area contributed by atoms with Gasteiger partial charge in [-0.25, -0.2) is 0 Å². The first-order valence-corrected chi connectivity index (χ1v) is 10.3. The average molecular weight is 448 g/mol. The molecule has 3 heterocycles. The molecule has 10 heteroatoms. The van der Waals surface area contributed by atoms with Gasteiger partial charge in [-0.15, -0.1) is 0 Å².